The number of hydrogen-bond acceptors (Lipinski definition) is 5. The Labute approximate surface area is 125 Å². The zero-order chi connectivity index (χ0) is 14.7. The molecule has 2 heterocycles. The summed E-state index contributed by atoms with van der Waals surface area (Å²) >= 11 is 0. The number of ether oxygens (including phenoxy) is 3. The van der Waals surface area contributed by atoms with Crippen LogP contribution < -0.4 is 15.2 Å². The number of aliphatic hydroxyl groups is 1. The molecule has 0 aliphatic carbocycles. The lowest BCUT2D eigenvalue weighted by atomic mass is 9.75. The second kappa shape index (κ2) is 6.22. The summed E-state index contributed by atoms with van der Waals surface area (Å²) in [5, 5.41) is 10.8. The number of fused-ring (bicyclic) bond motifs is 1. The zero-order valence-corrected chi connectivity index (χ0v) is 12.2. The lowest BCUT2D eigenvalue weighted by Gasteiger charge is -2.40. The molecule has 3 rings (SSSR count). The van der Waals surface area contributed by atoms with E-state index in [1.54, 1.807) is 0 Å². The lowest BCUT2D eigenvalue weighted by Crippen LogP contribution is -2.43. The second-order valence-electron chi connectivity index (χ2n) is 5.88. The maximum Gasteiger partial charge on any atom is 0.161 e. The smallest absolute Gasteiger partial charge is 0.161 e. The standard InChI is InChI=1S/C16H23NO4/c17-10-16(5-1-6-19-11-16)15(18)12-3-4-13-14(9-12)21-8-2-7-20-13/h3-4,9,15,18H,1-2,5-8,10-11,17H2. The van der Waals surface area contributed by atoms with Crippen molar-refractivity contribution in [3.63, 3.8) is 0 Å². The van der Waals surface area contributed by atoms with Crippen LogP contribution in [0.4, 0.5) is 0 Å². The van der Waals surface area contributed by atoms with Gasteiger partial charge in [-0.1, -0.05) is 6.07 Å². The first-order chi connectivity index (χ1) is 10.2. The van der Waals surface area contributed by atoms with Crippen LogP contribution in [0.3, 0.4) is 0 Å². The quantitative estimate of drug-likeness (QED) is 0.886. The van der Waals surface area contributed by atoms with Gasteiger partial charge >= 0.3 is 0 Å². The van der Waals surface area contributed by atoms with Gasteiger partial charge in [0, 0.05) is 25.0 Å². The number of rotatable bonds is 3. The molecule has 5 heteroatoms. The van der Waals surface area contributed by atoms with Gasteiger partial charge in [-0.3, -0.25) is 0 Å². The minimum atomic E-state index is -0.653. The van der Waals surface area contributed by atoms with Crippen LogP contribution in [0.25, 0.3) is 0 Å². The summed E-state index contributed by atoms with van der Waals surface area (Å²) < 4.78 is 16.9. The molecular weight excluding hydrogens is 270 g/mol. The molecule has 3 N–H and O–H groups in total. The molecule has 1 saturated heterocycles. The highest BCUT2D eigenvalue weighted by atomic mass is 16.5. The first kappa shape index (κ1) is 14.6. The van der Waals surface area contributed by atoms with E-state index in [4.69, 9.17) is 19.9 Å². The van der Waals surface area contributed by atoms with Gasteiger partial charge in [0.2, 0.25) is 0 Å². The normalized spacial score (nSPS) is 27.0. The van der Waals surface area contributed by atoms with Gasteiger partial charge in [-0.2, -0.15) is 0 Å². The fraction of sp³-hybridized carbons (Fsp3) is 0.625. The molecule has 116 valence electrons. The van der Waals surface area contributed by atoms with Crippen LogP contribution in [-0.2, 0) is 4.74 Å². The number of hydrogen-bond donors (Lipinski definition) is 2. The van der Waals surface area contributed by atoms with Crippen molar-refractivity contribution in [1.29, 1.82) is 0 Å². The van der Waals surface area contributed by atoms with Crippen LogP contribution in [0.5, 0.6) is 11.5 Å². The van der Waals surface area contributed by atoms with Gasteiger partial charge in [0.1, 0.15) is 0 Å². The fourth-order valence-corrected chi connectivity index (χ4v) is 3.07. The third kappa shape index (κ3) is 2.86. The van der Waals surface area contributed by atoms with Crippen LogP contribution in [0.1, 0.15) is 30.9 Å². The first-order valence-corrected chi connectivity index (χ1v) is 7.61. The Kier molecular flexibility index (Phi) is 4.33. The van der Waals surface area contributed by atoms with E-state index in [9.17, 15) is 5.11 Å². The topological polar surface area (TPSA) is 73.9 Å². The Morgan fingerprint density at radius 2 is 1.95 bits per heavy atom. The van der Waals surface area contributed by atoms with Crippen LogP contribution in [-0.4, -0.2) is 38.1 Å². The highest BCUT2D eigenvalue weighted by Gasteiger charge is 2.40. The predicted molar refractivity (Wildman–Crippen MR) is 78.5 cm³/mol. The van der Waals surface area contributed by atoms with E-state index in [1.165, 1.54) is 0 Å². The van der Waals surface area contributed by atoms with E-state index in [-0.39, 0.29) is 0 Å². The summed E-state index contributed by atoms with van der Waals surface area (Å²) in [6.07, 6.45) is 2.02. The molecule has 2 aliphatic rings. The molecule has 0 radical (unpaired) electrons. The first-order valence-electron chi connectivity index (χ1n) is 7.61. The molecule has 0 bridgehead atoms. The Hall–Kier alpha value is -1.30. The number of aliphatic hydroxyl groups excluding tert-OH is 1. The minimum Gasteiger partial charge on any atom is -0.490 e. The minimum absolute atomic E-state index is 0.405. The lowest BCUT2D eigenvalue weighted by molar-refractivity contribution is -0.0782. The molecular formula is C16H23NO4. The Morgan fingerprint density at radius 3 is 2.67 bits per heavy atom. The van der Waals surface area contributed by atoms with E-state index >= 15 is 0 Å². The van der Waals surface area contributed by atoms with Crippen molar-refractivity contribution in [1.82, 2.24) is 0 Å². The highest BCUT2D eigenvalue weighted by Crippen LogP contribution is 2.42. The van der Waals surface area contributed by atoms with Gasteiger partial charge < -0.3 is 25.1 Å². The van der Waals surface area contributed by atoms with Crippen molar-refractivity contribution in [2.24, 2.45) is 11.1 Å². The second-order valence-corrected chi connectivity index (χ2v) is 5.88. The molecule has 2 aliphatic heterocycles. The molecule has 21 heavy (non-hydrogen) atoms. The zero-order valence-electron chi connectivity index (χ0n) is 12.2. The fourth-order valence-electron chi connectivity index (χ4n) is 3.07. The van der Waals surface area contributed by atoms with Crippen LogP contribution in [0.2, 0.25) is 0 Å². The van der Waals surface area contributed by atoms with E-state index in [2.05, 4.69) is 0 Å². The monoisotopic (exact) mass is 293 g/mol. The average molecular weight is 293 g/mol. The molecule has 2 atom stereocenters. The van der Waals surface area contributed by atoms with Crippen molar-refractivity contribution in [3.05, 3.63) is 23.8 Å². The van der Waals surface area contributed by atoms with Gasteiger partial charge in [0.05, 0.1) is 25.9 Å². The van der Waals surface area contributed by atoms with Gasteiger partial charge in [-0.15, -0.1) is 0 Å². The van der Waals surface area contributed by atoms with Crippen molar-refractivity contribution >= 4 is 0 Å². The summed E-state index contributed by atoms with van der Waals surface area (Å²) in [6.45, 7) is 2.95. The van der Waals surface area contributed by atoms with Crippen LogP contribution >= 0.6 is 0 Å². The Bertz CT molecular complexity index is 485. The average Bonchev–Trinajstić information content (AvgIpc) is 2.79. The third-order valence-corrected chi connectivity index (χ3v) is 4.43. The van der Waals surface area contributed by atoms with E-state index in [0.29, 0.717) is 32.1 Å². The molecule has 0 aromatic heterocycles. The maximum absolute atomic E-state index is 10.8. The van der Waals surface area contributed by atoms with Gasteiger partial charge in [0.25, 0.3) is 0 Å². The van der Waals surface area contributed by atoms with E-state index in [1.807, 2.05) is 18.2 Å². The molecule has 1 aromatic carbocycles. The largest absolute Gasteiger partial charge is 0.490 e. The summed E-state index contributed by atoms with van der Waals surface area (Å²) in [7, 11) is 0. The molecule has 1 aromatic rings. The summed E-state index contributed by atoms with van der Waals surface area (Å²) in [5.74, 6) is 1.44. The molecule has 2 unspecified atom stereocenters. The van der Waals surface area contributed by atoms with Crippen LogP contribution in [0, 0.1) is 5.41 Å². The van der Waals surface area contributed by atoms with Crippen molar-refractivity contribution in [2.45, 2.75) is 25.4 Å². The van der Waals surface area contributed by atoms with Crippen molar-refractivity contribution in [3.8, 4) is 11.5 Å². The van der Waals surface area contributed by atoms with E-state index < -0.39 is 11.5 Å². The molecule has 0 saturated carbocycles. The van der Waals surface area contributed by atoms with Crippen molar-refractivity contribution in [2.75, 3.05) is 33.0 Å². The van der Waals surface area contributed by atoms with Gasteiger partial charge in [-0.25, -0.2) is 0 Å². The molecule has 5 nitrogen and oxygen atoms in total. The van der Waals surface area contributed by atoms with Crippen LogP contribution in [0.15, 0.2) is 18.2 Å². The predicted octanol–water partition coefficient (Wildman–Crippen LogP) is 1.64. The number of nitrogens with two attached hydrogens (primary N) is 1. The molecule has 0 amide bonds. The molecule has 0 spiro atoms. The summed E-state index contributed by atoms with van der Waals surface area (Å²) in [6, 6.07) is 5.63. The van der Waals surface area contributed by atoms with Gasteiger partial charge in [0.15, 0.2) is 11.5 Å². The Balaban J connectivity index is 1.86. The highest BCUT2D eigenvalue weighted by molar-refractivity contribution is 5.44. The third-order valence-electron chi connectivity index (χ3n) is 4.43. The maximum atomic E-state index is 10.8. The summed E-state index contributed by atoms with van der Waals surface area (Å²) in [4.78, 5) is 0. The van der Waals surface area contributed by atoms with Gasteiger partial charge in [-0.05, 0) is 30.5 Å². The van der Waals surface area contributed by atoms with Crippen molar-refractivity contribution < 1.29 is 19.3 Å². The van der Waals surface area contributed by atoms with E-state index in [0.717, 1.165) is 37.2 Å². The Morgan fingerprint density at radius 1 is 1.14 bits per heavy atom. The summed E-state index contributed by atoms with van der Waals surface area (Å²) in [5.41, 5.74) is 6.35. The SMILES string of the molecule is NCC1(C(O)c2ccc3c(c2)OCCCO3)CCCOC1. The molecule has 1 fully saturated rings. The number of benzene rings is 1.